The summed E-state index contributed by atoms with van der Waals surface area (Å²) in [4.78, 5) is 40.9. The number of piperidine rings is 1. The maximum Gasteiger partial charge on any atom is 0.266 e. The second kappa shape index (κ2) is 11.0. The molecule has 11 heteroatoms. The average Bonchev–Trinajstić information content (AvgIpc) is 2.91. The molecule has 1 saturated heterocycles. The van der Waals surface area contributed by atoms with E-state index in [4.69, 9.17) is 4.74 Å². The number of likely N-dealkylation sites (tertiary alicyclic amines) is 1. The van der Waals surface area contributed by atoms with Gasteiger partial charge < -0.3 is 15.0 Å². The Balaban J connectivity index is 1.25. The number of nitrogens with zero attached hydrogens (tertiary/aromatic N) is 5. The number of hydrogen-bond donors (Lipinski definition) is 1. The summed E-state index contributed by atoms with van der Waals surface area (Å²) in [5, 5.41) is 2.73. The van der Waals surface area contributed by atoms with Crippen molar-refractivity contribution >= 4 is 16.9 Å². The first-order valence-corrected chi connectivity index (χ1v) is 12.2. The van der Waals surface area contributed by atoms with Crippen molar-refractivity contribution in [2.75, 3.05) is 20.1 Å². The molecule has 0 spiro atoms. The standard InChI is InChI=1S/C27H26F2N6O3/c1-34-8-6-19(7-9-34)38-25-14-31-23-5-3-17(11-24(23)33-25)12-32-26(36)20-13-30-16-35(27(20)37)15-18-2-4-21(28)22(29)10-18/h2-5,10-11,13-14,16,19H,6-9,12,15H2,1H3,(H,32,36). The fraction of sp³-hybridized carbons (Fsp3) is 0.296. The number of carbonyl (C=O) groups excluding carboxylic acids is 1. The van der Waals surface area contributed by atoms with E-state index in [1.165, 1.54) is 23.2 Å². The van der Waals surface area contributed by atoms with Crippen molar-refractivity contribution < 1.29 is 18.3 Å². The number of amides is 1. The molecule has 2 aromatic carbocycles. The van der Waals surface area contributed by atoms with Crippen LogP contribution in [0, 0.1) is 11.6 Å². The highest BCUT2D eigenvalue weighted by atomic mass is 19.2. The van der Waals surface area contributed by atoms with E-state index in [0.717, 1.165) is 43.6 Å². The first-order chi connectivity index (χ1) is 18.4. The summed E-state index contributed by atoms with van der Waals surface area (Å²) in [5.41, 5.74) is 1.71. The minimum atomic E-state index is -1.02. The summed E-state index contributed by atoms with van der Waals surface area (Å²) in [6.45, 7) is 2.04. The predicted octanol–water partition coefficient (Wildman–Crippen LogP) is 2.92. The van der Waals surface area contributed by atoms with Gasteiger partial charge in [0.25, 0.3) is 11.5 Å². The summed E-state index contributed by atoms with van der Waals surface area (Å²) in [6.07, 6.45) is 6.01. The van der Waals surface area contributed by atoms with Gasteiger partial charge in [-0.3, -0.25) is 14.2 Å². The van der Waals surface area contributed by atoms with E-state index in [0.29, 0.717) is 22.5 Å². The van der Waals surface area contributed by atoms with Gasteiger partial charge in [0.05, 0.1) is 30.1 Å². The Bertz CT molecular complexity index is 1540. The van der Waals surface area contributed by atoms with Crippen molar-refractivity contribution in [3.05, 3.63) is 93.8 Å². The molecule has 0 aliphatic carbocycles. The number of fused-ring (bicyclic) bond motifs is 1. The van der Waals surface area contributed by atoms with Gasteiger partial charge in [0.2, 0.25) is 5.88 Å². The molecule has 0 unspecified atom stereocenters. The Morgan fingerprint density at radius 3 is 2.63 bits per heavy atom. The van der Waals surface area contributed by atoms with Crippen molar-refractivity contribution in [3.63, 3.8) is 0 Å². The highest BCUT2D eigenvalue weighted by Crippen LogP contribution is 2.20. The number of ether oxygens (including phenoxy) is 1. The van der Waals surface area contributed by atoms with Crippen LogP contribution in [0.1, 0.15) is 34.3 Å². The van der Waals surface area contributed by atoms with E-state index in [1.807, 2.05) is 18.2 Å². The number of halogens is 2. The molecule has 1 aliphatic heterocycles. The lowest BCUT2D eigenvalue weighted by Crippen LogP contribution is -2.35. The minimum Gasteiger partial charge on any atom is -0.473 e. The summed E-state index contributed by atoms with van der Waals surface area (Å²) in [5.74, 6) is -2.14. The number of nitrogens with one attached hydrogen (secondary N) is 1. The third-order valence-electron chi connectivity index (χ3n) is 6.47. The van der Waals surface area contributed by atoms with E-state index in [2.05, 4.69) is 32.2 Å². The van der Waals surface area contributed by atoms with Crippen molar-refractivity contribution in [3.8, 4) is 5.88 Å². The average molecular weight is 521 g/mol. The number of aromatic nitrogens is 4. The molecule has 0 saturated carbocycles. The van der Waals surface area contributed by atoms with Crippen LogP contribution in [0.15, 0.2) is 59.9 Å². The van der Waals surface area contributed by atoms with Gasteiger partial charge in [-0.25, -0.2) is 23.7 Å². The molecular formula is C27H26F2N6O3. The van der Waals surface area contributed by atoms with Crippen LogP contribution < -0.4 is 15.6 Å². The molecule has 0 radical (unpaired) electrons. The van der Waals surface area contributed by atoms with Gasteiger partial charge in [-0.2, -0.15) is 0 Å². The van der Waals surface area contributed by atoms with Gasteiger partial charge in [0, 0.05) is 25.8 Å². The van der Waals surface area contributed by atoms with Gasteiger partial charge >= 0.3 is 0 Å². The Morgan fingerprint density at radius 2 is 1.84 bits per heavy atom. The molecule has 9 nitrogen and oxygen atoms in total. The maximum atomic E-state index is 13.5. The number of carbonyl (C=O) groups is 1. The van der Waals surface area contributed by atoms with E-state index >= 15 is 0 Å². The van der Waals surface area contributed by atoms with Crippen molar-refractivity contribution in [2.24, 2.45) is 0 Å². The van der Waals surface area contributed by atoms with E-state index in [9.17, 15) is 18.4 Å². The molecule has 38 heavy (non-hydrogen) atoms. The van der Waals surface area contributed by atoms with Gasteiger partial charge in [-0.1, -0.05) is 12.1 Å². The fourth-order valence-corrected chi connectivity index (χ4v) is 4.31. The molecule has 5 rings (SSSR count). The molecule has 3 heterocycles. The first kappa shape index (κ1) is 25.4. The lowest BCUT2D eigenvalue weighted by atomic mass is 10.1. The quantitative estimate of drug-likeness (QED) is 0.400. The summed E-state index contributed by atoms with van der Waals surface area (Å²) in [7, 11) is 2.09. The molecule has 1 fully saturated rings. The van der Waals surface area contributed by atoms with Crippen LogP contribution in [-0.2, 0) is 13.1 Å². The molecule has 4 aromatic rings. The lowest BCUT2D eigenvalue weighted by molar-refractivity contribution is 0.0948. The topological polar surface area (TPSA) is 102 Å². The van der Waals surface area contributed by atoms with Gasteiger partial charge in [-0.05, 0) is 55.3 Å². The van der Waals surface area contributed by atoms with Crippen LogP contribution in [0.25, 0.3) is 11.0 Å². The Hall–Kier alpha value is -4.25. The van der Waals surface area contributed by atoms with Gasteiger partial charge in [-0.15, -0.1) is 0 Å². The van der Waals surface area contributed by atoms with Gasteiger partial charge in [0.15, 0.2) is 11.6 Å². The smallest absolute Gasteiger partial charge is 0.266 e. The van der Waals surface area contributed by atoms with Crippen LogP contribution in [0.4, 0.5) is 8.78 Å². The second-order valence-corrected chi connectivity index (χ2v) is 9.32. The number of hydrogen-bond acceptors (Lipinski definition) is 7. The predicted molar refractivity (Wildman–Crippen MR) is 136 cm³/mol. The second-order valence-electron chi connectivity index (χ2n) is 9.32. The lowest BCUT2D eigenvalue weighted by Gasteiger charge is -2.28. The van der Waals surface area contributed by atoms with E-state index in [-0.39, 0.29) is 24.8 Å². The zero-order valence-electron chi connectivity index (χ0n) is 20.7. The number of rotatable bonds is 7. The largest absolute Gasteiger partial charge is 0.473 e. The molecule has 0 atom stereocenters. The summed E-state index contributed by atoms with van der Waals surface area (Å²) in [6, 6.07) is 8.79. The zero-order chi connectivity index (χ0) is 26.6. The van der Waals surface area contributed by atoms with Crippen molar-refractivity contribution in [1.29, 1.82) is 0 Å². The molecule has 1 N–H and O–H groups in total. The normalized spacial score (nSPS) is 14.5. The molecule has 0 bridgehead atoms. The van der Waals surface area contributed by atoms with Crippen LogP contribution in [-0.4, -0.2) is 56.6 Å². The maximum absolute atomic E-state index is 13.5. The van der Waals surface area contributed by atoms with Gasteiger partial charge in [0.1, 0.15) is 11.7 Å². The molecule has 1 amide bonds. The SMILES string of the molecule is CN1CCC(Oc2cnc3ccc(CNC(=O)c4cncn(Cc5ccc(F)c(F)c5)c4=O)cc3n2)CC1. The van der Waals surface area contributed by atoms with Crippen LogP contribution in [0.3, 0.4) is 0 Å². The molecule has 196 valence electrons. The van der Waals surface area contributed by atoms with Crippen LogP contribution in [0.2, 0.25) is 0 Å². The minimum absolute atomic E-state index is 0.0601. The Morgan fingerprint density at radius 1 is 1.05 bits per heavy atom. The van der Waals surface area contributed by atoms with Crippen LogP contribution in [0.5, 0.6) is 5.88 Å². The molecule has 2 aromatic heterocycles. The molecule has 1 aliphatic rings. The third-order valence-corrected chi connectivity index (χ3v) is 6.47. The summed E-state index contributed by atoms with van der Waals surface area (Å²) >= 11 is 0. The number of benzene rings is 2. The van der Waals surface area contributed by atoms with E-state index < -0.39 is 23.1 Å². The van der Waals surface area contributed by atoms with Crippen molar-refractivity contribution in [2.45, 2.75) is 32.0 Å². The monoisotopic (exact) mass is 520 g/mol. The zero-order valence-corrected chi connectivity index (χ0v) is 20.7. The Kier molecular flexibility index (Phi) is 7.36. The highest BCUT2D eigenvalue weighted by Gasteiger charge is 2.19. The Labute approximate surface area is 217 Å². The summed E-state index contributed by atoms with van der Waals surface area (Å²) < 4.78 is 33.9. The fourth-order valence-electron chi connectivity index (χ4n) is 4.31. The van der Waals surface area contributed by atoms with Crippen LogP contribution >= 0.6 is 0 Å². The third kappa shape index (κ3) is 5.83. The first-order valence-electron chi connectivity index (χ1n) is 12.2. The molecular weight excluding hydrogens is 494 g/mol. The van der Waals surface area contributed by atoms with E-state index in [1.54, 1.807) is 6.20 Å². The van der Waals surface area contributed by atoms with Crippen molar-refractivity contribution in [1.82, 2.24) is 29.7 Å². The highest BCUT2D eigenvalue weighted by molar-refractivity contribution is 5.93.